The molecule has 0 amide bonds. The van der Waals surface area contributed by atoms with Crippen LogP contribution in [0.25, 0.3) is 11.0 Å². The highest BCUT2D eigenvalue weighted by molar-refractivity contribution is 6.32. The molecule has 3 rings (SSSR count). The van der Waals surface area contributed by atoms with E-state index in [2.05, 4.69) is 22.8 Å². The SMILES string of the molecule is C#C.CC.Cc1cc2[nH]c(O[C@@H]3CC[C@H](CO)C3)nc2cc1Cl. The van der Waals surface area contributed by atoms with Crippen molar-refractivity contribution in [3.63, 3.8) is 0 Å². The van der Waals surface area contributed by atoms with Crippen molar-refractivity contribution in [2.75, 3.05) is 6.61 Å². The third-order valence-electron chi connectivity index (χ3n) is 3.77. The van der Waals surface area contributed by atoms with Gasteiger partial charge < -0.3 is 14.8 Å². The first-order chi connectivity index (χ1) is 11.2. The maximum absolute atomic E-state index is 9.13. The van der Waals surface area contributed by atoms with Crippen molar-refractivity contribution in [1.29, 1.82) is 0 Å². The molecule has 1 heterocycles. The number of aromatic amines is 1. The van der Waals surface area contributed by atoms with Gasteiger partial charge in [-0.25, -0.2) is 0 Å². The molecule has 2 N–H and O–H groups in total. The number of hydrogen-bond acceptors (Lipinski definition) is 3. The number of aliphatic hydroxyl groups excluding tert-OH is 1. The number of ether oxygens (including phenoxy) is 1. The van der Waals surface area contributed by atoms with Gasteiger partial charge in [0.15, 0.2) is 0 Å². The first-order valence-corrected chi connectivity index (χ1v) is 8.30. The molecule has 0 radical (unpaired) electrons. The Balaban J connectivity index is 0.000000615. The molecule has 1 aromatic heterocycles. The average molecular weight is 337 g/mol. The maximum Gasteiger partial charge on any atom is 0.294 e. The first kappa shape index (κ1) is 19.3. The molecule has 0 saturated heterocycles. The van der Waals surface area contributed by atoms with Gasteiger partial charge >= 0.3 is 0 Å². The highest BCUT2D eigenvalue weighted by atomic mass is 35.5. The van der Waals surface area contributed by atoms with Crippen LogP contribution in [0.1, 0.15) is 38.7 Å². The minimum absolute atomic E-state index is 0.147. The standard InChI is InChI=1S/C14H17ClN2O2.C2H6.C2H2/c1-8-4-12-13(6-11(8)15)17-14(16-12)19-10-3-2-9(5-10)7-18;2*1-2/h4,6,9-10,18H,2-3,5,7H2,1H3,(H,16,17);1-2H3;1-2H/t9-,10+;;/m0../s1. The van der Waals surface area contributed by atoms with Crippen LogP contribution in [0.4, 0.5) is 0 Å². The molecule has 0 unspecified atom stereocenters. The van der Waals surface area contributed by atoms with Crippen molar-refractivity contribution in [1.82, 2.24) is 9.97 Å². The number of rotatable bonds is 3. The molecule has 1 aromatic carbocycles. The molecule has 5 heteroatoms. The molecule has 1 fully saturated rings. The molecule has 4 nitrogen and oxygen atoms in total. The number of nitrogens with zero attached hydrogens (tertiary/aromatic N) is 1. The fourth-order valence-corrected chi connectivity index (χ4v) is 2.79. The van der Waals surface area contributed by atoms with Gasteiger partial charge in [0.25, 0.3) is 6.01 Å². The van der Waals surface area contributed by atoms with Crippen molar-refractivity contribution in [2.45, 2.75) is 46.1 Å². The average Bonchev–Trinajstić information content (AvgIpc) is 3.18. The lowest BCUT2D eigenvalue weighted by Crippen LogP contribution is -2.13. The highest BCUT2D eigenvalue weighted by Crippen LogP contribution is 2.29. The number of nitrogens with one attached hydrogen (secondary N) is 1. The van der Waals surface area contributed by atoms with Crippen LogP contribution in [0.2, 0.25) is 5.02 Å². The Bertz CT molecular complexity index is 597. The van der Waals surface area contributed by atoms with Gasteiger partial charge in [-0.1, -0.05) is 25.4 Å². The Morgan fingerprint density at radius 1 is 1.35 bits per heavy atom. The van der Waals surface area contributed by atoms with Gasteiger partial charge in [0.05, 0.1) is 11.0 Å². The summed E-state index contributed by atoms with van der Waals surface area (Å²) in [5.41, 5.74) is 2.78. The van der Waals surface area contributed by atoms with Crippen LogP contribution in [0.5, 0.6) is 6.01 Å². The van der Waals surface area contributed by atoms with E-state index in [-0.39, 0.29) is 12.7 Å². The van der Waals surface area contributed by atoms with Crippen LogP contribution in [0.3, 0.4) is 0 Å². The van der Waals surface area contributed by atoms with E-state index in [1.54, 1.807) is 0 Å². The molecule has 0 bridgehead atoms. The number of terminal acetylenes is 1. The summed E-state index contributed by atoms with van der Waals surface area (Å²) >= 11 is 6.08. The second kappa shape index (κ2) is 9.44. The monoisotopic (exact) mass is 336 g/mol. The zero-order valence-corrected chi connectivity index (χ0v) is 14.7. The van der Waals surface area contributed by atoms with E-state index in [0.29, 0.717) is 17.0 Å². The molecule has 0 aliphatic heterocycles. The number of hydrogen-bond donors (Lipinski definition) is 2. The predicted octanol–water partition coefficient (Wildman–Crippen LogP) is 4.34. The van der Waals surface area contributed by atoms with Crippen LogP contribution in [0, 0.1) is 25.7 Å². The van der Waals surface area contributed by atoms with Crippen LogP contribution >= 0.6 is 11.6 Å². The first-order valence-electron chi connectivity index (χ1n) is 7.92. The van der Waals surface area contributed by atoms with Crippen LogP contribution in [0.15, 0.2) is 12.1 Å². The zero-order chi connectivity index (χ0) is 17.4. The Kier molecular flexibility index (Phi) is 7.94. The fourth-order valence-electron chi connectivity index (χ4n) is 2.63. The Hall–Kier alpha value is -1.70. The summed E-state index contributed by atoms with van der Waals surface area (Å²) in [5.74, 6) is 0.367. The number of aliphatic hydroxyl groups is 1. The molecule has 126 valence electrons. The summed E-state index contributed by atoms with van der Waals surface area (Å²) in [4.78, 5) is 7.57. The quantitative estimate of drug-likeness (QED) is 0.820. The van der Waals surface area contributed by atoms with Gasteiger partial charge in [0, 0.05) is 11.6 Å². The lowest BCUT2D eigenvalue weighted by atomic mass is 10.1. The van der Waals surface area contributed by atoms with Gasteiger partial charge in [0.2, 0.25) is 0 Å². The third-order valence-corrected chi connectivity index (χ3v) is 4.18. The summed E-state index contributed by atoms with van der Waals surface area (Å²) in [6.07, 6.45) is 11.0. The minimum Gasteiger partial charge on any atom is -0.461 e. The van der Waals surface area contributed by atoms with Gasteiger partial charge in [-0.15, -0.1) is 12.8 Å². The summed E-state index contributed by atoms with van der Waals surface area (Å²) in [7, 11) is 0. The van der Waals surface area contributed by atoms with E-state index in [1.165, 1.54) is 0 Å². The molecule has 23 heavy (non-hydrogen) atoms. The molecule has 1 aliphatic carbocycles. The molecule has 2 aromatic rings. The number of imidazole rings is 1. The zero-order valence-electron chi connectivity index (χ0n) is 14.0. The largest absolute Gasteiger partial charge is 0.461 e. The van der Waals surface area contributed by atoms with E-state index in [0.717, 1.165) is 35.9 Å². The number of aromatic nitrogens is 2. The number of H-pyrrole nitrogens is 1. The van der Waals surface area contributed by atoms with Crippen molar-refractivity contribution in [2.24, 2.45) is 5.92 Å². The van der Waals surface area contributed by atoms with Gasteiger partial charge in [-0.2, -0.15) is 4.98 Å². The summed E-state index contributed by atoms with van der Waals surface area (Å²) < 4.78 is 5.85. The topological polar surface area (TPSA) is 58.1 Å². The van der Waals surface area contributed by atoms with E-state index >= 15 is 0 Å². The van der Waals surface area contributed by atoms with Crippen molar-refractivity contribution in [3.8, 4) is 18.9 Å². The summed E-state index contributed by atoms with van der Waals surface area (Å²) in [5, 5.41) is 9.85. The van der Waals surface area contributed by atoms with Gasteiger partial charge in [-0.3, -0.25) is 0 Å². The minimum atomic E-state index is 0.147. The van der Waals surface area contributed by atoms with Crippen molar-refractivity contribution < 1.29 is 9.84 Å². The third kappa shape index (κ3) is 4.89. The Morgan fingerprint density at radius 2 is 2.04 bits per heavy atom. The fraction of sp³-hybridized carbons (Fsp3) is 0.500. The van der Waals surface area contributed by atoms with Crippen LogP contribution in [-0.4, -0.2) is 27.8 Å². The predicted molar refractivity (Wildman–Crippen MR) is 95.9 cm³/mol. The number of aryl methyl sites for hydroxylation is 1. The van der Waals surface area contributed by atoms with E-state index in [9.17, 15) is 0 Å². The lowest BCUT2D eigenvalue weighted by molar-refractivity contribution is 0.173. The lowest BCUT2D eigenvalue weighted by Gasteiger charge is -2.10. The van der Waals surface area contributed by atoms with Crippen LogP contribution in [-0.2, 0) is 0 Å². The number of fused-ring (bicyclic) bond motifs is 1. The van der Waals surface area contributed by atoms with E-state index < -0.39 is 0 Å². The normalized spacial score (nSPS) is 19.4. The number of halogens is 1. The van der Waals surface area contributed by atoms with Gasteiger partial charge in [-0.05, 0) is 49.8 Å². The van der Waals surface area contributed by atoms with Crippen LogP contribution < -0.4 is 4.74 Å². The Morgan fingerprint density at radius 3 is 2.65 bits per heavy atom. The Labute approximate surface area is 143 Å². The van der Waals surface area contributed by atoms with Gasteiger partial charge in [0.1, 0.15) is 6.10 Å². The van der Waals surface area contributed by atoms with Crippen molar-refractivity contribution in [3.05, 3.63) is 22.7 Å². The molecule has 0 spiro atoms. The summed E-state index contributed by atoms with van der Waals surface area (Å²) in [6, 6.07) is 4.36. The second-order valence-corrected chi connectivity index (χ2v) is 5.67. The second-order valence-electron chi connectivity index (χ2n) is 5.26. The molecular formula is C18H25ClN2O2. The maximum atomic E-state index is 9.13. The highest BCUT2D eigenvalue weighted by Gasteiger charge is 2.26. The van der Waals surface area contributed by atoms with E-state index in [4.69, 9.17) is 21.4 Å². The number of benzene rings is 1. The summed E-state index contributed by atoms with van der Waals surface area (Å²) in [6.45, 7) is 6.21. The molecule has 1 aliphatic rings. The smallest absolute Gasteiger partial charge is 0.294 e. The van der Waals surface area contributed by atoms with E-state index in [1.807, 2.05) is 32.9 Å². The van der Waals surface area contributed by atoms with Crippen molar-refractivity contribution >= 4 is 22.6 Å². The molecule has 1 saturated carbocycles. The molecular weight excluding hydrogens is 312 g/mol. The molecule has 2 atom stereocenters.